The van der Waals surface area contributed by atoms with Crippen LogP contribution >= 0.6 is 0 Å². The zero-order chi connectivity index (χ0) is 16.1. The molecule has 1 aliphatic heterocycles. The van der Waals surface area contributed by atoms with Gasteiger partial charge in [-0.05, 0) is 34.9 Å². The maximum absolute atomic E-state index is 12.8. The third-order valence-corrected chi connectivity index (χ3v) is 5.22. The molecular formula is C22H16O2. The van der Waals surface area contributed by atoms with Gasteiger partial charge in [-0.25, -0.2) is 0 Å². The fourth-order valence-corrected chi connectivity index (χ4v) is 4.02. The zero-order valence-corrected chi connectivity index (χ0v) is 13.2. The van der Waals surface area contributed by atoms with Crippen molar-refractivity contribution in [3.63, 3.8) is 0 Å². The maximum atomic E-state index is 12.8. The maximum Gasteiger partial charge on any atom is 0.203 e. The van der Waals surface area contributed by atoms with Gasteiger partial charge in [0.2, 0.25) is 5.78 Å². The van der Waals surface area contributed by atoms with Gasteiger partial charge < -0.3 is 4.74 Å². The van der Waals surface area contributed by atoms with E-state index in [9.17, 15) is 4.79 Å². The molecule has 24 heavy (non-hydrogen) atoms. The Balaban J connectivity index is 1.70. The molecule has 1 heterocycles. The van der Waals surface area contributed by atoms with Crippen molar-refractivity contribution < 1.29 is 9.53 Å². The van der Waals surface area contributed by atoms with Crippen LogP contribution in [0, 0.1) is 0 Å². The number of ketones is 1. The molecule has 0 N–H and O–H groups in total. The lowest BCUT2D eigenvalue weighted by atomic mass is 9.76. The molecule has 0 amide bonds. The van der Waals surface area contributed by atoms with Crippen LogP contribution in [0.15, 0.2) is 66.7 Å². The fourth-order valence-electron chi connectivity index (χ4n) is 4.02. The van der Waals surface area contributed by atoms with Crippen LogP contribution < -0.4 is 4.74 Å². The summed E-state index contributed by atoms with van der Waals surface area (Å²) in [4.78, 5) is 12.8. The highest BCUT2D eigenvalue weighted by molar-refractivity contribution is 6.04. The minimum absolute atomic E-state index is 0.0417. The molecule has 116 valence electrons. The van der Waals surface area contributed by atoms with Gasteiger partial charge in [-0.1, -0.05) is 60.7 Å². The lowest BCUT2D eigenvalue weighted by molar-refractivity contribution is -0.132. The van der Waals surface area contributed by atoms with Crippen LogP contribution in [-0.4, -0.2) is 5.78 Å². The largest absolute Gasteiger partial charge is 0.474 e. The Kier molecular flexibility index (Phi) is 2.72. The molecule has 2 heteroatoms. The minimum Gasteiger partial charge on any atom is -0.474 e. The molecule has 3 aromatic rings. The second kappa shape index (κ2) is 4.81. The van der Waals surface area contributed by atoms with E-state index in [-0.39, 0.29) is 5.78 Å². The van der Waals surface area contributed by atoms with Gasteiger partial charge >= 0.3 is 0 Å². The molecule has 0 saturated carbocycles. The SMILES string of the molecule is O=C1C=Cc2ccccc2[C@@]12CCc1c(ccc3ccccc13)O2. The molecule has 2 nitrogen and oxygen atoms in total. The number of hydrogen-bond donors (Lipinski definition) is 0. The van der Waals surface area contributed by atoms with E-state index in [1.807, 2.05) is 42.5 Å². The standard InChI is InChI=1S/C22H16O2/c23-21-12-10-16-6-2-4-8-19(16)22(21)14-13-18-17-7-3-1-5-15(17)9-11-20(18)24-22/h1-12H,13-14H2/t22-/m0/s1. The van der Waals surface area contributed by atoms with E-state index in [4.69, 9.17) is 4.74 Å². The van der Waals surface area contributed by atoms with Crippen molar-refractivity contribution in [1.82, 2.24) is 0 Å². The smallest absolute Gasteiger partial charge is 0.203 e. The van der Waals surface area contributed by atoms with Gasteiger partial charge in [0.05, 0.1) is 0 Å². The number of rotatable bonds is 0. The molecule has 2 aliphatic rings. The predicted octanol–water partition coefficient (Wildman–Crippen LogP) is 4.66. The minimum atomic E-state index is -0.874. The van der Waals surface area contributed by atoms with Crippen molar-refractivity contribution in [2.24, 2.45) is 0 Å². The molecule has 0 radical (unpaired) electrons. The third-order valence-electron chi connectivity index (χ3n) is 5.22. The number of carbonyl (C=O) groups excluding carboxylic acids is 1. The van der Waals surface area contributed by atoms with Crippen LogP contribution in [0.3, 0.4) is 0 Å². The van der Waals surface area contributed by atoms with Crippen LogP contribution in [-0.2, 0) is 16.8 Å². The molecule has 5 rings (SSSR count). The van der Waals surface area contributed by atoms with Crippen molar-refractivity contribution in [2.45, 2.75) is 18.4 Å². The van der Waals surface area contributed by atoms with Crippen molar-refractivity contribution in [1.29, 1.82) is 0 Å². The lowest BCUT2D eigenvalue weighted by Gasteiger charge is -2.39. The molecule has 0 fully saturated rings. The Bertz CT molecular complexity index is 1020. The molecule has 3 aromatic carbocycles. The molecule has 0 bridgehead atoms. The number of fused-ring (bicyclic) bond motifs is 5. The fraction of sp³-hybridized carbons (Fsp3) is 0.136. The van der Waals surface area contributed by atoms with E-state index in [0.29, 0.717) is 6.42 Å². The van der Waals surface area contributed by atoms with Crippen LogP contribution in [0.4, 0.5) is 0 Å². The van der Waals surface area contributed by atoms with E-state index in [2.05, 4.69) is 24.3 Å². The Morgan fingerprint density at radius 3 is 2.67 bits per heavy atom. The van der Waals surface area contributed by atoms with E-state index in [1.54, 1.807) is 6.08 Å². The van der Waals surface area contributed by atoms with Crippen LogP contribution in [0.1, 0.15) is 23.1 Å². The molecule has 1 atom stereocenters. The summed E-state index contributed by atoms with van der Waals surface area (Å²) in [6, 6.07) is 20.5. The van der Waals surface area contributed by atoms with Crippen molar-refractivity contribution in [2.75, 3.05) is 0 Å². The van der Waals surface area contributed by atoms with Gasteiger partial charge in [-0.2, -0.15) is 0 Å². The highest BCUT2D eigenvalue weighted by atomic mass is 16.5. The van der Waals surface area contributed by atoms with Crippen LogP contribution in [0.5, 0.6) is 5.75 Å². The average molecular weight is 312 g/mol. The zero-order valence-electron chi connectivity index (χ0n) is 13.2. The second-order valence-electron chi connectivity index (χ2n) is 6.48. The number of benzene rings is 3. The van der Waals surface area contributed by atoms with Crippen molar-refractivity contribution in [3.05, 3.63) is 83.4 Å². The Hall–Kier alpha value is -2.87. The summed E-state index contributed by atoms with van der Waals surface area (Å²) < 4.78 is 6.41. The van der Waals surface area contributed by atoms with Crippen molar-refractivity contribution in [3.8, 4) is 5.75 Å². The first-order valence-electron chi connectivity index (χ1n) is 8.30. The van der Waals surface area contributed by atoms with Gasteiger partial charge in [0.25, 0.3) is 0 Å². The Labute approximate surface area is 140 Å². The number of hydrogen-bond acceptors (Lipinski definition) is 2. The first-order chi connectivity index (χ1) is 11.8. The van der Waals surface area contributed by atoms with Crippen molar-refractivity contribution >= 4 is 22.6 Å². The second-order valence-corrected chi connectivity index (χ2v) is 6.48. The van der Waals surface area contributed by atoms with Crippen LogP contribution in [0.2, 0.25) is 0 Å². The summed E-state index contributed by atoms with van der Waals surface area (Å²) in [7, 11) is 0. The molecular weight excluding hydrogens is 296 g/mol. The molecule has 1 aliphatic carbocycles. The van der Waals surface area contributed by atoms with Gasteiger partial charge in [-0.15, -0.1) is 0 Å². The van der Waals surface area contributed by atoms with Gasteiger partial charge in [-0.3, -0.25) is 4.79 Å². The predicted molar refractivity (Wildman–Crippen MR) is 95.1 cm³/mol. The van der Waals surface area contributed by atoms with E-state index in [1.165, 1.54) is 16.3 Å². The monoisotopic (exact) mass is 312 g/mol. The highest BCUT2D eigenvalue weighted by Crippen LogP contribution is 2.45. The number of ether oxygens (including phenoxy) is 1. The summed E-state index contributed by atoms with van der Waals surface area (Å²) in [6.07, 6.45) is 5.06. The molecule has 0 saturated heterocycles. The topological polar surface area (TPSA) is 26.3 Å². The molecule has 0 unspecified atom stereocenters. The summed E-state index contributed by atoms with van der Waals surface area (Å²) in [5, 5.41) is 2.43. The number of aryl methyl sites for hydroxylation is 1. The Morgan fingerprint density at radius 2 is 1.71 bits per heavy atom. The van der Waals surface area contributed by atoms with Gasteiger partial charge in [0, 0.05) is 17.5 Å². The first-order valence-corrected chi connectivity index (χ1v) is 8.30. The van der Waals surface area contributed by atoms with Crippen LogP contribution in [0.25, 0.3) is 16.8 Å². The van der Waals surface area contributed by atoms with Gasteiger partial charge in [0.1, 0.15) is 5.75 Å². The summed E-state index contributed by atoms with van der Waals surface area (Å²) in [6.45, 7) is 0. The average Bonchev–Trinajstić information content (AvgIpc) is 2.65. The first kappa shape index (κ1) is 13.6. The normalized spacial score (nSPS) is 21.4. The number of carbonyl (C=O) groups is 1. The van der Waals surface area contributed by atoms with E-state index >= 15 is 0 Å². The molecule has 0 aromatic heterocycles. The lowest BCUT2D eigenvalue weighted by Crippen LogP contribution is -2.45. The summed E-state index contributed by atoms with van der Waals surface area (Å²) in [5.74, 6) is 0.874. The van der Waals surface area contributed by atoms with E-state index < -0.39 is 5.60 Å². The summed E-state index contributed by atoms with van der Waals surface area (Å²) in [5.41, 5.74) is 2.39. The van der Waals surface area contributed by atoms with E-state index in [0.717, 1.165) is 23.3 Å². The molecule has 1 spiro atoms. The summed E-state index contributed by atoms with van der Waals surface area (Å²) >= 11 is 0. The Morgan fingerprint density at radius 1 is 0.875 bits per heavy atom. The highest BCUT2D eigenvalue weighted by Gasteiger charge is 2.46. The van der Waals surface area contributed by atoms with Gasteiger partial charge in [0.15, 0.2) is 5.60 Å². The third kappa shape index (κ3) is 1.74. The quantitative estimate of drug-likeness (QED) is 0.603.